The van der Waals surface area contributed by atoms with E-state index < -0.39 is 35.5 Å². The first kappa shape index (κ1) is 50.7. The predicted octanol–water partition coefficient (Wildman–Crippen LogP) is 6.68. The number of nitrogens with one attached hydrogen (secondary N) is 2. The van der Waals surface area contributed by atoms with Gasteiger partial charge in [-0.3, -0.25) is 24.4 Å². The van der Waals surface area contributed by atoms with Crippen molar-refractivity contribution in [3.05, 3.63) is 70.3 Å². The number of esters is 1. The van der Waals surface area contributed by atoms with Gasteiger partial charge in [0.1, 0.15) is 23.2 Å². The van der Waals surface area contributed by atoms with Crippen LogP contribution in [0.25, 0.3) is 33.4 Å². The number of hydrazine groups is 1. The average molecular weight is 993 g/mol. The van der Waals surface area contributed by atoms with Crippen molar-refractivity contribution in [1.29, 1.82) is 0 Å². The molecule has 71 heavy (non-hydrogen) atoms. The average Bonchev–Trinajstić information content (AvgIpc) is 3.68. The van der Waals surface area contributed by atoms with Crippen LogP contribution in [-0.4, -0.2) is 137 Å². The van der Waals surface area contributed by atoms with Crippen LogP contribution in [0.3, 0.4) is 0 Å². The van der Waals surface area contributed by atoms with Crippen LogP contribution in [0.2, 0.25) is 0 Å². The summed E-state index contributed by atoms with van der Waals surface area (Å²) in [6.45, 7) is 19.8. The van der Waals surface area contributed by atoms with E-state index in [1.54, 1.807) is 13.4 Å². The van der Waals surface area contributed by atoms with E-state index >= 15 is 0 Å². The van der Waals surface area contributed by atoms with Gasteiger partial charge in [-0.05, 0) is 83.7 Å². The normalized spacial score (nSPS) is 24.5. The van der Waals surface area contributed by atoms with E-state index in [2.05, 4.69) is 89.1 Å². The standard InChI is InChI=1S/C53H72N10O7S/c1-11-68-48-46(57-49(64)44-32(4)43(44)40-27-60(9)30-55-40)51(65)63-16-12-13-39(58-63)52(66)70-29-53(6,7)25-38-36-23-34(41-28-71-50(48)56-41)14-15-42(36)62(21-22-69-31(2)3)47(38)37-24-35(26-54-45(37)33(5)67-10)61-19-17-59(8)18-20-61/h14-15,23-24,26-28,30-33,39,43-44,46,48,58H,11-13,16-22,25,29H2,1-10H3,(H,57,64)/t32-,33-,39-,43-,44+,46-,48-/m0/s1. The number of carbonyl (C=O) groups is 3. The molecule has 5 aromatic rings. The molecule has 2 saturated heterocycles. The number of cyclic esters (lactones) is 1. The number of hydrogen-bond donors (Lipinski definition) is 2. The highest BCUT2D eigenvalue weighted by molar-refractivity contribution is 7.10. The van der Waals surface area contributed by atoms with E-state index in [0.29, 0.717) is 44.0 Å². The third-order valence-electron chi connectivity index (χ3n) is 14.7. The summed E-state index contributed by atoms with van der Waals surface area (Å²) in [5, 5.41) is 8.19. The summed E-state index contributed by atoms with van der Waals surface area (Å²) < 4.78 is 29.3. The summed E-state index contributed by atoms with van der Waals surface area (Å²) in [5.41, 5.74) is 11.1. The number of rotatable bonds is 13. The van der Waals surface area contributed by atoms with Crippen LogP contribution >= 0.6 is 11.3 Å². The van der Waals surface area contributed by atoms with E-state index in [-0.39, 0.29) is 49.1 Å². The predicted molar refractivity (Wildman–Crippen MR) is 274 cm³/mol. The number of methoxy groups -OCH3 is 1. The Morgan fingerprint density at radius 3 is 2.58 bits per heavy atom. The maximum absolute atomic E-state index is 14.9. The van der Waals surface area contributed by atoms with Crippen LogP contribution < -0.4 is 15.6 Å². The van der Waals surface area contributed by atoms with Crippen molar-refractivity contribution in [3.8, 4) is 22.5 Å². The van der Waals surface area contributed by atoms with Gasteiger partial charge >= 0.3 is 5.97 Å². The molecule has 1 saturated carbocycles. The molecule has 0 spiro atoms. The van der Waals surface area contributed by atoms with Gasteiger partial charge < -0.3 is 43.2 Å². The number of nitrogens with zero attached hydrogens (tertiary/aromatic N) is 8. The highest BCUT2D eigenvalue weighted by Gasteiger charge is 2.55. The number of thiazole rings is 1. The third-order valence-corrected chi connectivity index (χ3v) is 15.6. The van der Waals surface area contributed by atoms with Gasteiger partial charge in [-0.1, -0.05) is 26.8 Å². The van der Waals surface area contributed by atoms with Crippen molar-refractivity contribution < 1.29 is 33.3 Å². The highest BCUT2D eigenvalue weighted by atomic mass is 32.1. The topological polar surface area (TPSA) is 170 Å². The van der Waals surface area contributed by atoms with Crippen LogP contribution in [0.1, 0.15) is 101 Å². The zero-order valence-corrected chi connectivity index (χ0v) is 43.9. The summed E-state index contributed by atoms with van der Waals surface area (Å²) in [7, 11) is 5.79. The number of hydrogen-bond acceptors (Lipinski definition) is 14. The first-order valence-electron chi connectivity index (χ1n) is 25.4. The number of benzene rings is 1. The van der Waals surface area contributed by atoms with Gasteiger partial charge in [0.25, 0.3) is 5.91 Å². The van der Waals surface area contributed by atoms with E-state index in [4.69, 9.17) is 28.9 Å². The Morgan fingerprint density at radius 2 is 1.86 bits per heavy atom. The zero-order chi connectivity index (χ0) is 50.3. The second-order valence-electron chi connectivity index (χ2n) is 21.0. The molecule has 7 atom stereocenters. The molecule has 3 fully saturated rings. The number of aromatic nitrogens is 5. The molecule has 4 aliphatic rings. The quantitative estimate of drug-likeness (QED) is 0.120. The minimum absolute atomic E-state index is 0.0257. The van der Waals surface area contributed by atoms with Crippen molar-refractivity contribution in [3.63, 3.8) is 0 Å². The Morgan fingerprint density at radius 1 is 1.07 bits per heavy atom. The van der Waals surface area contributed by atoms with E-state index in [0.717, 1.165) is 82.2 Å². The summed E-state index contributed by atoms with van der Waals surface area (Å²) in [4.78, 5) is 63.2. The lowest BCUT2D eigenvalue weighted by molar-refractivity contribution is -0.156. The molecule has 0 unspecified atom stereocenters. The van der Waals surface area contributed by atoms with Gasteiger partial charge in [-0.25, -0.2) is 15.4 Å². The van der Waals surface area contributed by atoms with Gasteiger partial charge in [0, 0.05) is 111 Å². The molecule has 2 N–H and O–H groups in total. The SMILES string of the molecule is CCO[C@@H]1c2nc(cs2)-c2ccc3c(c2)c(c(-c2cc(N4CCN(C)CC4)cnc2[C@H](C)OC)n3CCOC(C)C)CC(C)(C)COC(=O)[C@@H]2CCCN(N2)C(=O)[C@H]1NC(=O)[C@@H]1[C@@H](C)[C@H]1c1cn(C)cn1. The first-order chi connectivity index (χ1) is 34.0. The van der Waals surface area contributed by atoms with Crippen molar-refractivity contribution in [2.24, 2.45) is 24.3 Å². The molecule has 17 nitrogen and oxygen atoms in total. The Labute approximate surface area is 421 Å². The number of carbonyl (C=O) groups excluding carboxylic acids is 3. The number of aryl methyl sites for hydroxylation is 1. The monoisotopic (exact) mass is 993 g/mol. The van der Waals surface area contributed by atoms with Crippen LogP contribution in [0.4, 0.5) is 5.69 Å². The number of fused-ring (bicyclic) bond motifs is 6. The molecular formula is C53H72N10O7S. The number of imidazole rings is 1. The maximum Gasteiger partial charge on any atom is 0.324 e. The van der Waals surface area contributed by atoms with E-state index in [1.807, 2.05) is 50.2 Å². The number of amides is 2. The molecule has 1 aliphatic carbocycles. The lowest BCUT2D eigenvalue weighted by Gasteiger charge is -2.37. The molecular weight excluding hydrogens is 921 g/mol. The van der Waals surface area contributed by atoms with Crippen LogP contribution in [0.5, 0.6) is 0 Å². The molecule has 0 radical (unpaired) electrons. The first-order valence-corrected chi connectivity index (χ1v) is 26.3. The Kier molecular flexibility index (Phi) is 15.0. The number of pyridine rings is 1. The van der Waals surface area contributed by atoms with Gasteiger partial charge in [-0.2, -0.15) is 0 Å². The maximum atomic E-state index is 14.9. The Balaban J connectivity index is 1.19. The molecule has 2 amide bonds. The molecule has 1 aromatic carbocycles. The third kappa shape index (κ3) is 10.7. The van der Waals surface area contributed by atoms with Crippen LogP contribution in [-0.2, 0) is 53.3 Å². The summed E-state index contributed by atoms with van der Waals surface area (Å²) in [6.07, 6.45) is 6.03. The summed E-state index contributed by atoms with van der Waals surface area (Å²) in [6, 6.07) is 6.82. The van der Waals surface area contributed by atoms with Gasteiger partial charge in [0.05, 0.1) is 66.4 Å². The molecule has 18 heteroatoms. The van der Waals surface area contributed by atoms with Crippen molar-refractivity contribution in [1.82, 2.24) is 44.7 Å². The van der Waals surface area contributed by atoms with Crippen LogP contribution in [0, 0.1) is 17.3 Å². The van der Waals surface area contributed by atoms with Crippen molar-refractivity contribution in [2.75, 3.05) is 71.6 Å². The lowest BCUT2D eigenvalue weighted by Crippen LogP contribution is -2.61. The summed E-state index contributed by atoms with van der Waals surface area (Å²) in [5.74, 6) is -1.54. The minimum atomic E-state index is -1.16. The van der Waals surface area contributed by atoms with Gasteiger partial charge in [-0.15, -0.1) is 11.3 Å². The second-order valence-corrected chi connectivity index (χ2v) is 21.9. The van der Waals surface area contributed by atoms with E-state index in [9.17, 15) is 14.4 Å². The minimum Gasteiger partial charge on any atom is -0.464 e. The Hall–Kier alpha value is -5.24. The number of likely N-dealkylation sites (N-methyl/N-ethyl adjacent to an activating group) is 1. The summed E-state index contributed by atoms with van der Waals surface area (Å²) >= 11 is 1.40. The fourth-order valence-electron chi connectivity index (χ4n) is 10.7. The van der Waals surface area contributed by atoms with Crippen molar-refractivity contribution >= 4 is 45.7 Å². The molecule has 382 valence electrons. The van der Waals surface area contributed by atoms with E-state index in [1.165, 1.54) is 16.3 Å². The Bertz CT molecular complexity index is 2720. The fourth-order valence-corrected chi connectivity index (χ4v) is 11.6. The zero-order valence-electron chi connectivity index (χ0n) is 43.1. The number of anilines is 1. The number of piperazine rings is 1. The molecule has 6 bridgehead atoms. The van der Waals surface area contributed by atoms with Gasteiger partial charge in [0.15, 0.2) is 0 Å². The molecule has 3 aliphatic heterocycles. The highest BCUT2D eigenvalue weighted by Crippen LogP contribution is 2.53. The molecule has 9 rings (SSSR count). The van der Waals surface area contributed by atoms with Crippen LogP contribution in [0.15, 0.2) is 48.4 Å². The smallest absolute Gasteiger partial charge is 0.324 e. The number of ether oxygens (including phenoxy) is 4. The lowest BCUT2D eigenvalue weighted by atomic mass is 9.84. The fraction of sp³-hybridized carbons (Fsp3) is 0.585. The molecule has 7 heterocycles. The van der Waals surface area contributed by atoms with Crippen molar-refractivity contribution in [2.45, 2.75) is 111 Å². The van der Waals surface area contributed by atoms with Gasteiger partial charge in [0.2, 0.25) is 5.91 Å². The second kappa shape index (κ2) is 21.1. The largest absolute Gasteiger partial charge is 0.464 e. The molecule has 4 aromatic heterocycles.